The molecular weight excluding hydrogens is 206 g/mol. The van der Waals surface area contributed by atoms with Crippen LogP contribution in [0.1, 0.15) is 6.92 Å². The Morgan fingerprint density at radius 3 is 2.50 bits per heavy atom. The summed E-state index contributed by atoms with van der Waals surface area (Å²) < 4.78 is 2.35. The Labute approximate surface area is 91.6 Å². The first-order chi connectivity index (χ1) is 7.74. The van der Waals surface area contributed by atoms with E-state index in [0.717, 1.165) is 10.8 Å². The quantitative estimate of drug-likeness (QED) is 0.732. The normalized spacial score (nSPS) is 10.3. The number of para-hydroxylation sites is 1. The van der Waals surface area contributed by atoms with E-state index in [1.165, 1.54) is 4.68 Å². The van der Waals surface area contributed by atoms with E-state index in [1.807, 2.05) is 6.07 Å². The molecule has 1 heterocycles. The number of aromatic nitrogens is 3. The third kappa shape index (κ3) is 1.67. The van der Waals surface area contributed by atoms with Gasteiger partial charge >= 0.3 is 5.69 Å². The Kier molecular flexibility index (Phi) is 2.68. The fraction of sp³-hybridized carbons (Fsp3) is 0.182. The Hall–Kier alpha value is -2.17. The van der Waals surface area contributed by atoms with Crippen molar-refractivity contribution in [1.82, 2.24) is 14.3 Å². The molecule has 82 valence electrons. The van der Waals surface area contributed by atoms with Crippen molar-refractivity contribution < 1.29 is 0 Å². The molecule has 0 fully saturated rings. The Bertz CT molecular complexity index is 599. The summed E-state index contributed by atoms with van der Waals surface area (Å²) in [5.74, 6) is 0. The molecule has 0 unspecified atom stereocenters. The van der Waals surface area contributed by atoms with Crippen LogP contribution in [-0.2, 0) is 6.54 Å². The van der Waals surface area contributed by atoms with Crippen molar-refractivity contribution in [2.24, 2.45) is 0 Å². The van der Waals surface area contributed by atoms with Crippen molar-refractivity contribution >= 4 is 0 Å². The molecule has 0 bridgehead atoms. The molecule has 0 N–H and O–H groups in total. The minimum Gasteiger partial charge on any atom is -0.267 e. The molecule has 5 heteroatoms. The SMILES string of the molecule is CCn1ncc(=O)n(-c2ccccc2)c1=O. The van der Waals surface area contributed by atoms with E-state index in [0.29, 0.717) is 12.2 Å². The van der Waals surface area contributed by atoms with Crippen LogP contribution in [-0.4, -0.2) is 14.3 Å². The first kappa shape index (κ1) is 10.4. The van der Waals surface area contributed by atoms with Crippen LogP contribution in [0, 0.1) is 0 Å². The summed E-state index contributed by atoms with van der Waals surface area (Å²) in [5, 5.41) is 3.75. The lowest BCUT2D eigenvalue weighted by Crippen LogP contribution is -2.39. The molecule has 1 aromatic carbocycles. The summed E-state index contributed by atoms with van der Waals surface area (Å²) in [6.45, 7) is 2.24. The maximum absolute atomic E-state index is 11.9. The van der Waals surface area contributed by atoms with Gasteiger partial charge in [0.25, 0.3) is 5.56 Å². The van der Waals surface area contributed by atoms with Crippen LogP contribution >= 0.6 is 0 Å². The molecule has 0 aliphatic heterocycles. The van der Waals surface area contributed by atoms with Crippen LogP contribution in [0.3, 0.4) is 0 Å². The van der Waals surface area contributed by atoms with Gasteiger partial charge in [0.1, 0.15) is 6.20 Å². The lowest BCUT2D eigenvalue weighted by molar-refractivity contribution is 0.564. The summed E-state index contributed by atoms with van der Waals surface area (Å²) >= 11 is 0. The molecule has 0 aliphatic carbocycles. The molecule has 5 nitrogen and oxygen atoms in total. The number of hydrogen-bond acceptors (Lipinski definition) is 3. The van der Waals surface area contributed by atoms with Crippen molar-refractivity contribution in [3.8, 4) is 5.69 Å². The first-order valence-corrected chi connectivity index (χ1v) is 4.98. The van der Waals surface area contributed by atoms with Crippen molar-refractivity contribution in [2.45, 2.75) is 13.5 Å². The summed E-state index contributed by atoms with van der Waals surface area (Å²) in [5.41, 5.74) is -0.274. The van der Waals surface area contributed by atoms with Crippen LogP contribution in [0.2, 0.25) is 0 Å². The van der Waals surface area contributed by atoms with Gasteiger partial charge in [0.15, 0.2) is 0 Å². The lowest BCUT2D eigenvalue weighted by atomic mass is 10.3. The average molecular weight is 217 g/mol. The van der Waals surface area contributed by atoms with E-state index in [9.17, 15) is 9.59 Å². The summed E-state index contributed by atoms with van der Waals surface area (Å²) in [6.07, 6.45) is 1.15. The zero-order chi connectivity index (χ0) is 11.5. The molecule has 0 aliphatic rings. The Morgan fingerprint density at radius 1 is 1.19 bits per heavy atom. The molecule has 2 rings (SSSR count). The van der Waals surface area contributed by atoms with Gasteiger partial charge in [0.2, 0.25) is 0 Å². The van der Waals surface area contributed by atoms with Crippen molar-refractivity contribution in [1.29, 1.82) is 0 Å². The number of hydrogen-bond donors (Lipinski definition) is 0. The highest BCUT2D eigenvalue weighted by Gasteiger charge is 2.06. The zero-order valence-electron chi connectivity index (χ0n) is 8.83. The predicted molar refractivity (Wildman–Crippen MR) is 59.8 cm³/mol. The van der Waals surface area contributed by atoms with Gasteiger partial charge in [-0.1, -0.05) is 18.2 Å². The van der Waals surface area contributed by atoms with E-state index in [-0.39, 0.29) is 0 Å². The fourth-order valence-corrected chi connectivity index (χ4v) is 1.47. The summed E-state index contributed by atoms with van der Waals surface area (Å²) in [4.78, 5) is 23.5. The van der Waals surface area contributed by atoms with Crippen LogP contribution < -0.4 is 11.2 Å². The molecule has 0 spiro atoms. The monoisotopic (exact) mass is 217 g/mol. The van der Waals surface area contributed by atoms with Gasteiger partial charge < -0.3 is 0 Å². The third-order valence-electron chi connectivity index (χ3n) is 2.25. The average Bonchev–Trinajstić information content (AvgIpc) is 2.31. The molecule has 0 radical (unpaired) electrons. The van der Waals surface area contributed by atoms with Crippen LogP contribution in [0.15, 0.2) is 46.1 Å². The molecule has 16 heavy (non-hydrogen) atoms. The summed E-state index contributed by atoms with van der Waals surface area (Å²) in [6, 6.07) is 8.80. The topological polar surface area (TPSA) is 56.9 Å². The molecule has 0 amide bonds. The number of nitrogens with zero attached hydrogens (tertiary/aromatic N) is 3. The van der Waals surface area contributed by atoms with E-state index < -0.39 is 11.2 Å². The van der Waals surface area contributed by atoms with E-state index >= 15 is 0 Å². The Morgan fingerprint density at radius 2 is 1.88 bits per heavy atom. The molecule has 0 atom stereocenters. The molecular formula is C11H11N3O2. The van der Waals surface area contributed by atoms with Crippen LogP contribution in [0.25, 0.3) is 5.69 Å². The smallest absolute Gasteiger partial charge is 0.267 e. The second-order valence-corrected chi connectivity index (χ2v) is 3.25. The Balaban J connectivity index is 2.75. The summed E-state index contributed by atoms with van der Waals surface area (Å²) in [7, 11) is 0. The van der Waals surface area contributed by atoms with Crippen molar-refractivity contribution in [3.63, 3.8) is 0 Å². The van der Waals surface area contributed by atoms with Gasteiger partial charge in [-0.3, -0.25) is 4.79 Å². The fourth-order valence-electron chi connectivity index (χ4n) is 1.47. The van der Waals surface area contributed by atoms with Gasteiger partial charge in [-0.2, -0.15) is 5.10 Å². The van der Waals surface area contributed by atoms with Gasteiger partial charge in [-0.05, 0) is 19.1 Å². The first-order valence-electron chi connectivity index (χ1n) is 4.98. The van der Waals surface area contributed by atoms with Crippen LogP contribution in [0.4, 0.5) is 0 Å². The minimum absolute atomic E-state index is 0.416. The lowest BCUT2D eigenvalue weighted by Gasteiger charge is -2.06. The number of benzene rings is 1. The van der Waals surface area contributed by atoms with Crippen molar-refractivity contribution in [2.75, 3.05) is 0 Å². The zero-order valence-corrected chi connectivity index (χ0v) is 8.83. The second-order valence-electron chi connectivity index (χ2n) is 3.25. The molecule has 0 saturated heterocycles. The maximum Gasteiger partial charge on any atom is 0.352 e. The number of rotatable bonds is 2. The largest absolute Gasteiger partial charge is 0.352 e. The predicted octanol–water partition coefficient (Wildman–Crippen LogP) is 0.414. The van der Waals surface area contributed by atoms with Crippen molar-refractivity contribution in [3.05, 3.63) is 57.4 Å². The molecule has 0 saturated carbocycles. The third-order valence-corrected chi connectivity index (χ3v) is 2.25. The highest BCUT2D eigenvalue weighted by molar-refractivity contribution is 5.30. The molecule has 1 aromatic heterocycles. The van der Waals surface area contributed by atoms with Gasteiger partial charge in [-0.15, -0.1) is 0 Å². The van der Waals surface area contributed by atoms with E-state index in [4.69, 9.17) is 0 Å². The molecule has 2 aromatic rings. The van der Waals surface area contributed by atoms with E-state index in [1.54, 1.807) is 31.2 Å². The maximum atomic E-state index is 11.9. The number of aryl methyl sites for hydroxylation is 1. The minimum atomic E-state index is -0.416. The van der Waals surface area contributed by atoms with Gasteiger partial charge in [0, 0.05) is 6.54 Å². The van der Waals surface area contributed by atoms with E-state index in [2.05, 4.69) is 5.10 Å². The van der Waals surface area contributed by atoms with Crippen LogP contribution in [0.5, 0.6) is 0 Å². The van der Waals surface area contributed by atoms with Gasteiger partial charge in [-0.25, -0.2) is 14.0 Å². The highest BCUT2D eigenvalue weighted by atomic mass is 16.2. The standard InChI is InChI=1S/C11H11N3O2/c1-2-13-11(16)14(10(15)8-12-13)9-6-4-3-5-7-9/h3-8H,2H2,1H3. The second kappa shape index (κ2) is 4.14. The van der Waals surface area contributed by atoms with Gasteiger partial charge in [0.05, 0.1) is 5.69 Å². The highest BCUT2D eigenvalue weighted by Crippen LogP contribution is 1.99.